The molecule has 2 rings (SSSR count). The van der Waals surface area contributed by atoms with Crippen LogP contribution in [0.5, 0.6) is 0 Å². The van der Waals surface area contributed by atoms with E-state index in [1.54, 1.807) is 18.2 Å². The summed E-state index contributed by atoms with van der Waals surface area (Å²) in [4.78, 5) is 24.3. The molecule has 114 valence electrons. The lowest BCUT2D eigenvalue weighted by atomic mass is 9.98. The van der Waals surface area contributed by atoms with Gasteiger partial charge in [-0.05, 0) is 38.8 Å². The maximum absolute atomic E-state index is 12.5. The zero-order valence-corrected chi connectivity index (χ0v) is 12.5. The molecule has 21 heavy (non-hydrogen) atoms. The predicted octanol–water partition coefficient (Wildman–Crippen LogP) is 1.52. The molecule has 0 saturated carbocycles. The number of nitrogen functional groups attached to an aromatic ring is 1. The van der Waals surface area contributed by atoms with Gasteiger partial charge in [0.2, 0.25) is 5.91 Å². The summed E-state index contributed by atoms with van der Waals surface area (Å²) in [6, 6.07) is 5.14. The zero-order chi connectivity index (χ0) is 15.6. The number of carbonyl (C=O) groups is 2. The highest BCUT2D eigenvalue weighted by Gasteiger charge is 2.39. The van der Waals surface area contributed by atoms with E-state index in [1.807, 2.05) is 13.8 Å². The van der Waals surface area contributed by atoms with Crippen LogP contribution in [0.1, 0.15) is 37.0 Å². The van der Waals surface area contributed by atoms with E-state index >= 15 is 0 Å². The predicted molar refractivity (Wildman–Crippen MR) is 81.1 cm³/mol. The number of hydrogen-bond donors (Lipinski definition) is 3. The van der Waals surface area contributed by atoms with E-state index < -0.39 is 11.5 Å². The summed E-state index contributed by atoms with van der Waals surface area (Å²) >= 11 is 0. The first-order valence-corrected chi connectivity index (χ1v) is 6.93. The SMILES string of the molecule is COC(=O)c1cccc(N)c1NC(=O)[C@@]1(C)CCC(C)N1. The molecular weight excluding hydrogens is 270 g/mol. The number of methoxy groups -OCH3 is 1. The van der Waals surface area contributed by atoms with E-state index in [0.29, 0.717) is 11.4 Å². The highest BCUT2D eigenvalue weighted by molar-refractivity contribution is 6.07. The number of carbonyl (C=O) groups excluding carboxylic acids is 2. The molecular formula is C15H21N3O3. The van der Waals surface area contributed by atoms with Gasteiger partial charge >= 0.3 is 5.97 Å². The zero-order valence-electron chi connectivity index (χ0n) is 12.5. The fourth-order valence-electron chi connectivity index (χ4n) is 2.61. The highest BCUT2D eigenvalue weighted by atomic mass is 16.5. The molecule has 4 N–H and O–H groups in total. The minimum absolute atomic E-state index is 0.199. The lowest BCUT2D eigenvalue weighted by Crippen LogP contribution is -2.49. The Labute approximate surface area is 124 Å². The number of esters is 1. The lowest BCUT2D eigenvalue weighted by molar-refractivity contribution is -0.121. The average Bonchev–Trinajstić information content (AvgIpc) is 2.81. The molecule has 0 spiro atoms. The second-order valence-corrected chi connectivity index (χ2v) is 5.63. The standard InChI is InChI=1S/C15H21N3O3/c1-9-7-8-15(2,18-9)14(20)17-12-10(13(19)21-3)5-4-6-11(12)16/h4-6,9,18H,7-8,16H2,1-3H3,(H,17,20)/t9?,15-/m1/s1. The van der Waals surface area contributed by atoms with E-state index in [1.165, 1.54) is 7.11 Å². The quantitative estimate of drug-likeness (QED) is 0.580. The molecule has 1 fully saturated rings. The molecule has 0 radical (unpaired) electrons. The molecule has 6 heteroatoms. The van der Waals surface area contributed by atoms with E-state index in [4.69, 9.17) is 10.5 Å². The molecule has 0 aromatic heterocycles. The van der Waals surface area contributed by atoms with Crippen LogP contribution >= 0.6 is 0 Å². The van der Waals surface area contributed by atoms with Gasteiger partial charge in [0, 0.05) is 6.04 Å². The van der Waals surface area contributed by atoms with Crippen molar-refractivity contribution in [1.82, 2.24) is 5.32 Å². The Morgan fingerprint density at radius 2 is 2.19 bits per heavy atom. The number of nitrogens with one attached hydrogen (secondary N) is 2. The molecule has 1 aromatic rings. The Kier molecular flexibility index (Phi) is 4.18. The first-order chi connectivity index (χ1) is 9.87. The second kappa shape index (κ2) is 5.73. The molecule has 2 atom stereocenters. The van der Waals surface area contributed by atoms with Gasteiger partial charge in [-0.2, -0.15) is 0 Å². The van der Waals surface area contributed by atoms with Crippen LogP contribution in [0.15, 0.2) is 18.2 Å². The number of ether oxygens (including phenoxy) is 1. The van der Waals surface area contributed by atoms with Crippen molar-refractivity contribution < 1.29 is 14.3 Å². The van der Waals surface area contributed by atoms with Crippen molar-refractivity contribution in [2.75, 3.05) is 18.2 Å². The third-order valence-electron chi connectivity index (χ3n) is 3.88. The van der Waals surface area contributed by atoms with E-state index in [9.17, 15) is 9.59 Å². The van der Waals surface area contributed by atoms with Crippen molar-refractivity contribution in [2.24, 2.45) is 0 Å². The molecule has 0 bridgehead atoms. The summed E-state index contributed by atoms with van der Waals surface area (Å²) in [5, 5.41) is 6.03. The van der Waals surface area contributed by atoms with Gasteiger partial charge in [-0.25, -0.2) is 4.79 Å². The highest BCUT2D eigenvalue weighted by Crippen LogP contribution is 2.28. The van der Waals surface area contributed by atoms with Gasteiger partial charge in [0.05, 0.1) is 29.6 Å². The van der Waals surface area contributed by atoms with E-state index in [2.05, 4.69) is 10.6 Å². The fraction of sp³-hybridized carbons (Fsp3) is 0.467. The second-order valence-electron chi connectivity index (χ2n) is 5.63. The number of nitrogens with two attached hydrogens (primary N) is 1. The van der Waals surface area contributed by atoms with Crippen LogP contribution in [0.2, 0.25) is 0 Å². The van der Waals surface area contributed by atoms with E-state index in [0.717, 1.165) is 12.8 Å². The van der Waals surface area contributed by atoms with Crippen LogP contribution < -0.4 is 16.4 Å². The number of para-hydroxylation sites is 1. The summed E-state index contributed by atoms with van der Waals surface area (Å²) in [7, 11) is 1.29. The molecule has 1 unspecified atom stereocenters. The van der Waals surface area contributed by atoms with Gasteiger partial charge < -0.3 is 21.1 Å². The molecule has 1 aromatic carbocycles. The summed E-state index contributed by atoms with van der Waals surface area (Å²) in [6.45, 7) is 3.89. The van der Waals surface area contributed by atoms with Crippen LogP contribution in [0, 0.1) is 0 Å². The lowest BCUT2D eigenvalue weighted by Gasteiger charge is -2.25. The molecule has 1 saturated heterocycles. The van der Waals surface area contributed by atoms with Crippen molar-refractivity contribution in [3.63, 3.8) is 0 Å². The molecule has 6 nitrogen and oxygen atoms in total. The maximum atomic E-state index is 12.5. The summed E-state index contributed by atoms with van der Waals surface area (Å²) in [6.07, 6.45) is 1.67. The van der Waals surface area contributed by atoms with Crippen molar-refractivity contribution in [3.05, 3.63) is 23.8 Å². The van der Waals surface area contributed by atoms with Crippen LogP contribution in [-0.2, 0) is 9.53 Å². The Morgan fingerprint density at radius 3 is 2.76 bits per heavy atom. The maximum Gasteiger partial charge on any atom is 0.340 e. The smallest absolute Gasteiger partial charge is 0.340 e. The average molecular weight is 291 g/mol. The third kappa shape index (κ3) is 3.00. The topological polar surface area (TPSA) is 93.4 Å². The summed E-state index contributed by atoms with van der Waals surface area (Å²) in [5.41, 5.74) is 6.12. The summed E-state index contributed by atoms with van der Waals surface area (Å²) in [5.74, 6) is -0.731. The van der Waals surface area contributed by atoms with Gasteiger partial charge in [0.15, 0.2) is 0 Å². The fourth-order valence-corrected chi connectivity index (χ4v) is 2.61. The third-order valence-corrected chi connectivity index (χ3v) is 3.88. The van der Waals surface area contributed by atoms with Gasteiger partial charge in [0.25, 0.3) is 0 Å². The van der Waals surface area contributed by atoms with Gasteiger partial charge in [-0.1, -0.05) is 6.07 Å². The number of benzene rings is 1. The molecule has 1 amide bonds. The Bertz CT molecular complexity index is 573. The van der Waals surface area contributed by atoms with Crippen LogP contribution in [-0.4, -0.2) is 30.6 Å². The Hall–Kier alpha value is -2.08. The van der Waals surface area contributed by atoms with Crippen LogP contribution in [0.3, 0.4) is 0 Å². The molecule has 0 aliphatic carbocycles. The van der Waals surface area contributed by atoms with Crippen molar-refractivity contribution in [2.45, 2.75) is 38.3 Å². The van der Waals surface area contributed by atoms with Crippen molar-refractivity contribution in [3.8, 4) is 0 Å². The minimum atomic E-state index is -0.658. The monoisotopic (exact) mass is 291 g/mol. The first kappa shape index (κ1) is 15.3. The van der Waals surface area contributed by atoms with Gasteiger partial charge in [0.1, 0.15) is 0 Å². The van der Waals surface area contributed by atoms with E-state index in [-0.39, 0.29) is 17.5 Å². The normalized spacial score (nSPS) is 24.6. The molecule has 1 heterocycles. The van der Waals surface area contributed by atoms with Crippen LogP contribution in [0.4, 0.5) is 11.4 Å². The van der Waals surface area contributed by atoms with Gasteiger partial charge in [-0.15, -0.1) is 0 Å². The largest absolute Gasteiger partial charge is 0.465 e. The van der Waals surface area contributed by atoms with Crippen molar-refractivity contribution in [1.29, 1.82) is 0 Å². The molecule has 1 aliphatic heterocycles. The first-order valence-electron chi connectivity index (χ1n) is 6.93. The Morgan fingerprint density at radius 1 is 1.48 bits per heavy atom. The molecule has 1 aliphatic rings. The number of anilines is 2. The van der Waals surface area contributed by atoms with Crippen molar-refractivity contribution >= 4 is 23.3 Å². The number of amides is 1. The number of rotatable bonds is 3. The Balaban J connectivity index is 2.27. The number of hydrogen-bond acceptors (Lipinski definition) is 5. The summed E-state index contributed by atoms with van der Waals surface area (Å²) < 4.78 is 4.72. The van der Waals surface area contributed by atoms with Gasteiger partial charge in [-0.3, -0.25) is 4.79 Å². The van der Waals surface area contributed by atoms with Crippen LogP contribution in [0.25, 0.3) is 0 Å². The minimum Gasteiger partial charge on any atom is -0.465 e.